The van der Waals surface area contributed by atoms with E-state index >= 15 is 0 Å². The van der Waals surface area contributed by atoms with Crippen molar-refractivity contribution < 1.29 is 14.0 Å². The summed E-state index contributed by atoms with van der Waals surface area (Å²) < 4.78 is 5.72. The minimum atomic E-state index is -0.314. The number of rotatable bonds is 6. The Hall–Kier alpha value is -2.34. The quantitative estimate of drug-likeness (QED) is 0.746. The average Bonchev–Trinajstić information content (AvgIpc) is 3.30. The molecule has 6 nitrogen and oxygen atoms in total. The van der Waals surface area contributed by atoms with Crippen LogP contribution in [0.4, 0.5) is 0 Å². The second-order valence-corrected chi connectivity index (χ2v) is 7.60. The second kappa shape index (κ2) is 7.35. The molecule has 1 heterocycles. The molecule has 0 spiro atoms. The maximum Gasteiger partial charge on any atom is 0.289 e. The van der Waals surface area contributed by atoms with Crippen LogP contribution in [-0.4, -0.2) is 28.7 Å². The van der Waals surface area contributed by atoms with Gasteiger partial charge in [-0.2, -0.15) is 0 Å². The van der Waals surface area contributed by atoms with Crippen molar-refractivity contribution in [1.82, 2.24) is 15.6 Å². The third kappa shape index (κ3) is 3.86. The highest BCUT2D eigenvalue weighted by atomic mass is 35.5. The van der Waals surface area contributed by atoms with Crippen molar-refractivity contribution in [3.8, 4) is 0 Å². The zero-order valence-corrected chi connectivity index (χ0v) is 15.9. The monoisotopic (exact) mass is 387 g/mol. The van der Waals surface area contributed by atoms with E-state index in [-0.39, 0.29) is 35.5 Å². The molecule has 0 aliphatic heterocycles. The number of hydrogen-bond donors (Lipinski definition) is 2. The SMILES string of the molecule is Cc1nc(CC2CC2)oc1C(=O)N[C@@H]1Cc2ccccc2[C@H]1NC(=O)CCl. The minimum absolute atomic E-state index is 0.120. The molecule has 1 fully saturated rings. The fourth-order valence-electron chi connectivity index (χ4n) is 3.67. The molecule has 0 unspecified atom stereocenters. The van der Waals surface area contributed by atoms with Gasteiger partial charge in [0.25, 0.3) is 5.91 Å². The number of hydrogen-bond acceptors (Lipinski definition) is 4. The zero-order valence-electron chi connectivity index (χ0n) is 15.1. The van der Waals surface area contributed by atoms with Gasteiger partial charge >= 0.3 is 0 Å². The van der Waals surface area contributed by atoms with Crippen molar-refractivity contribution in [3.05, 3.63) is 52.7 Å². The number of oxazole rings is 1. The van der Waals surface area contributed by atoms with E-state index in [1.807, 2.05) is 24.3 Å². The van der Waals surface area contributed by atoms with Crippen LogP contribution in [0.15, 0.2) is 28.7 Å². The highest BCUT2D eigenvalue weighted by Crippen LogP contribution is 2.33. The molecule has 1 saturated carbocycles. The molecular formula is C20H22ClN3O3. The molecule has 142 valence electrons. The molecule has 2 aliphatic carbocycles. The summed E-state index contributed by atoms with van der Waals surface area (Å²) in [6.45, 7) is 1.78. The van der Waals surface area contributed by atoms with Gasteiger partial charge in [-0.3, -0.25) is 9.59 Å². The molecule has 7 heteroatoms. The standard InChI is InChI=1S/C20H22ClN3O3/c1-11-19(27-17(22-11)8-12-6-7-12)20(26)23-15-9-13-4-2-3-5-14(13)18(15)24-16(25)10-21/h2-5,12,15,18H,6-10H2,1H3,(H,23,26)(H,24,25)/t15-,18-/m1/s1. The zero-order chi connectivity index (χ0) is 19.0. The number of aromatic nitrogens is 1. The normalized spacial score (nSPS) is 21.0. The maximum atomic E-state index is 12.8. The molecule has 2 N–H and O–H groups in total. The lowest BCUT2D eigenvalue weighted by atomic mass is 10.1. The lowest BCUT2D eigenvalue weighted by molar-refractivity contribution is -0.119. The molecule has 4 rings (SSSR count). The summed E-state index contributed by atoms with van der Waals surface area (Å²) in [5.74, 6) is 0.833. The van der Waals surface area contributed by atoms with Crippen LogP contribution in [0.25, 0.3) is 0 Å². The number of nitrogens with one attached hydrogen (secondary N) is 2. The van der Waals surface area contributed by atoms with Crippen LogP contribution in [-0.2, 0) is 17.6 Å². The Morgan fingerprint density at radius 2 is 2.04 bits per heavy atom. The summed E-state index contributed by atoms with van der Waals surface area (Å²) in [5.41, 5.74) is 2.70. The number of carbonyl (C=O) groups is 2. The molecule has 2 aliphatic rings. The van der Waals surface area contributed by atoms with Gasteiger partial charge in [-0.15, -0.1) is 11.6 Å². The van der Waals surface area contributed by atoms with E-state index in [9.17, 15) is 9.59 Å². The Kier molecular flexibility index (Phi) is 4.91. The molecule has 0 radical (unpaired) electrons. The lowest BCUT2D eigenvalue weighted by Gasteiger charge is -2.22. The van der Waals surface area contributed by atoms with Crippen molar-refractivity contribution in [2.75, 3.05) is 5.88 Å². The van der Waals surface area contributed by atoms with Gasteiger partial charge in [-0.25, -0.2) is 4.98 Å². The first-order valence-corrected chi connectivity index (χ1v) is 9.79. The number of fused-ring (bicyclic) bond motifs is 1. The Labute approximate surface area is 162 Å². The van der Waals surface area contributed by atoms with Crippen LogP contribution in [0.3, 0.4) is 0 Å². The van der Waals surface area contributed by atoms with E-state index in [0.29, 0.717) is 23.9 Å². The number of nitrogens with zero attached hydrogens (tertiary/aromatic N) is 1. The van der Waals surface area contributed by atoms with Crippen molar-refractivity contribution in [2.45, 2.75) is 44.7 Å². The summed E-state index contributed by atoms with van der Waals surface area (Å²) in [5, 5.41) is 5.93. The van der Waals surface area contributed by atoms with Crippen LogP contribution < -0.4 is 10.6 Å². The number of halogens is 1. The highest BCUT2D eigenvalue weighted by Gasteiger charge is 2.35. The molecule has 0 bridgehead atoms. The molecule has 27 heavy (non-hydrogen) atoms. The molecule has 2 amide bonds. The third-order valence-electron chi connectivity index (χ3n) is 5.19. The average molecular weight is 388 g/mol. The summed E-state index contributed by atoms with van der Waals surface area (Å²) >= 11 is 5.65. The van der Waals surface area contributed by atoms with Gasteiger partial charge in [0.1, 0.15) is 5.88 Å². The van der Waals surface area contributed by atoms with Gasteiger partial charge in [-0.05, 0) is 43.2 Å². The molecule has 1 aromatic carbocycles. The number of alkyl halides is 1. The highest BCUT2D eigenvalue weighted by molar-refractivity contribution is 6.27. The van der Waals surface area contributed by atoms with Gasteiger partial charge < -0.3 is 15.1 Å². The Morgan fingerprint density at radius 1 is 1.26 bits per heavy atom. The first-order valence-electron chi connectivity index (χ1n) is 9.25. The van der Waals surface area contributed by atoms with Gasteiger partial charge in [0.15, 0.2) is 5.89 Å². The first-order chi connectivity index (χ1) is 13.0. The first kappa shape index (κ1) is 18.0. The van der Waals surface area contributed by atoms with Crippen LogP contribution >= 0.6 is 11.6 Å². The molecule has 1 aromatic heterocycles. The predicted octanol–water partition coefficient (Wildman–Crippen LogP) is 2.69. The van der Waals surface area contributed by atoms with Crippen molar-refractivity contribution in [2.24, 2.45) is 5.92 Å². The van der Waals surface area contributed by atoms with Gasteiger partial charge in [0, 0.05) is 6.42 Å². The third-order valence-corrected chi connectivity index (χ3v) is 5.44. The number of aryl methyl sites for hydroxylation is 1. The topological polar surface area (TPSA) is 84.2 Å². The lowest BCUT2D eigenvalue weighted by Crippen LogP contribution is -2.44. The van der Waals surface area contributed by atoms with Crippen molar-refractivity contribution in [3.63, 3.8) is 0 Å². The van der Waals surface area contributed by atoms with Crippen LogP contribution in [0, 0.1) is 12.8 Å². The Bertz CT molecular complexity index is 875. The van der Waals surface area contributed by atoms with Gasteiger partial charge in [0.2, 0.25) is 11.7 Å². The van der Waals surface area contributed by atoms with Gasteiger partial charge in [-0.1, -0.05) is 24.3 Å². The summed E-state index contributed by atoms with van der Waals surface area (Å²) in [6, 6.07) is 7.27. The summed E-state index contributed by atoms with van der Waals surface area (Å²) in [7, 11) is 0. The van der Waals surface area contributed by atoms with E-state index in [2.05, 4.69) is 15.6 Å². The van der Waals surface area contributed by atoms with Crippen LogP contribution in [0.2, 0.25) is 0 Å². The van der Waals surface area contributed by atoms with E-state index in [4.69, 9.17) is 16.0 Å². The molecule has 2 aromatic rings. The summed E-state index contributed by atoms with van der Waals surface area (Å²) in [4.78, 5) is 29.1. The van der Waals surface area contributed by atoms with Crippen molar-refractivity contribution in [1.29, 1.82) is 0 Å². The second-order valence-electron chi connectivity index (χ2n) is 7.33. The Balaban J connectivity index is 1.51. The molecule has 2 atom stereocenters. The smallest absolute Gasteiger partial charge is 0.289 e. The Morgan fingerprint density at radius 3 is 2.78 bits per heavy atom. The van der Waals surface area contributed by atoms with Crippen molar-refractivity contribution >= 4 is 23.4 Å². The minimum Gasteiger partial charge on any atom is -0.435 e. The summed E-state index contributed by atoms with van der Waals surface area (Å²) in [6.07, 6.45) is 3.82. The van der Waals surface area contributed by atoms with E-state index in [1.165, 1.54) is 12.8 Å². The van der Waals surface area contributed by atoms with Crippen LogP contribution in [0.1, 0.15) is 52.1 Å². The number of amides is 2. The fraction of sp³-hybridized carbons (Fsp3) is 0.450. The van der Waals surface area contributed by atoms with E-state index < -0.39 is 0 Å². The van der Waals surface area contributed by atoms with Gasteiger partial charge in [0.05, 0.1) is 17.8 Å². The van der Waals surface area contributed by atoms with E-state index in [0.717, 1.165) is 17.5 Å². The number of carbonyl (C=O) groups excluding carboxylic acids is 2. The number of benzene rings is 1. The molecular weight excluding hydrogens is 366 g/mol. The van der Waals surface area contributed by atoms with Crippen LogP contribution in [0.5, 0.6) is 0 Å². The maximum absolute atomic E-state index is 12.8. The predicted molar refractivity (Wildman–Crippen MR) is 101 cm³/mol. The van der Waals surface area contributed by atoms with E-state index in [1.54, 1.807) is 6.92 Å². The fourth-order valence-corrected chi connectivity index (χ4v) is 3.75. The molecule has 0 saturated heterocycles. The largest absolute Gasteiger partial charge is 0.435 e.